The van der Waals surface area contributed by atoms with Crippen molar-refractivity contribution in [3.8, 4) is 11.5 Å². The minimum atomic E-state index is -0.230. The van der Waals surface area contributed by atoms with Gasteiger partial charge in [-0.15, -0.1) is 0 Å². The first-order valence-electron chi connectivity index (χ1n) is 8.12. The fraction of sp³-hybridized carbons (Fsp3) is 0.316. The third-order valence-corrected chi connectivity index (χ3v) is 3.52. The summed E-state index contributed by atoms with van der Waals surface area (Å²) in [6.07, 6.45) is 1.77. The minimum Gasteiger partial charge on any atom is -0.495 e. The average molecular weight is 328 g/mol. The summed E-state index contributed by atoms with van der Waals surface area (Å²) in [6, 6.07) is 15.1. The van der Waals surface area contributed by atoms with Gasteiger partial charge in [0.05, 0.1) is 19.4 Å². The number of amides is 2. The molecule has 2 aromatic carbocycles. The van der Waals surface area contributed by atoms with Crippen molar-refractivity contribution < 1.29 is 14.3 Å². The van der Waals surface area contributed by atoms with Gasteiger partial charge in [-0.2, -0.15) is 0 Å². The molecule has 0 bridgehead atoms. The molecule has 0 aromatic heterocycles. The number of urea groups is 1. The molecule has 0 aliphatic carbocycles. The van der Waals surface area contributed by atoms with E-state index in [1.807, 2.05) is 37.3 Å². The summed E-state index contributed by atoms with van der Waals surface area (Å²) in [5.74, 6) is 1.53. The highest BCUT2D eigenvalue weighted by molar-refractivity contribution is 5.90. The van der Waals surface area contributed by atoms with Crippen LogP contribution in [-0.2, 0) is 6.42 Å². The van der Waals surface area contributed by atoms with Gasteiger partial charge in [0.15, 0.2) is 0 Å². The molecule has 0 aliphatic heterocycles. The molecule has 128 valence electrons. The standard InChI is InChI=1S/C19H24N2O3/c1-3-24-16-12-10-15(11-13-16)7-6-14-20-19(22)21-17-8-4-5-9-18(17)23-2/h4-5,8-13H,3,6-7,14H2,1-2H3,(H2,20,21,22). The topological polar surface area (TPSA) is 59.6 Å². The van der Waals surface area contributed by atoms with Crippen molar-refractivity contribution in [3.05, 3.63) is 54.1 Å². The number of nitrogens with one attached hydrogen (secondary N) is 2. The Hall–Kier alpha value is -2.69. The van der Waals surface area contributed by atoms with Crippen molar-refractivity contribution in [1.82, 2.24) is 5.32 Å². The summed E-state index contributed by atoms with van der Waals surface area (Å²) >= 11 is 0. The van der Waals surface area contributed by atoms with Crippen molar-refractivity contribution in [1.29, 1.82) is 0 Å². The molecule has 5 heteroatoms. The molecular weight excluding hydrogens is 304 g/mol. The fourth-order valence-corrected chi connectivity index (χ4v) is 2.33. The van der Waals surface area contributed by atoms with E-state index in [2.05, 4.69) is 22.8 Å². The summed E-state index contributed by atoms with van der Waals surface area (Å²) < 4.78 is 10.6. The Kier molecular flexibility index (Phi) is 6.95. The maximum absolute atomic E-state index is 11.9. The normalized spacial score (nSPS) is 10.1. The Bertz CT molecular complexity index is 641. The molecule has 2 aromatic rings. The lowest BCUT2D eigenvalue weighted by Crippen LogP contribution is -2.29. The van der Waals surface area contributed by atoms with Crippen LogP contribution in [0, 0.1) is 0 Å². The number of ether oxygens (including phenoxy) is 2. The van der Waals surface area contributed by atoms with Crippen LogP contribution in [0.5, 0.6) is 11.5 Å². The number of hydrogen-bond donors (Lipinski definition) is 2. The fourth-order valence-electron chi connectivity index (χ4n) is 2.33. The molecule has 0 unspecified atom stereocenters. The first kappa shape index (κ1) is 17.7. The molecule has 0 heterocycles. The lowest BCUT2D eigenvalue weighted by Gasteiger charge is -2.11. The van der Waals surface area contributed by atoms with Crippen molar-refractivity contribution >= 4 is 11.7 Å². The molecule has 5 nitrogen and oxygen atoms in total. The van der Waals surface area contributed by atoms with Gasteiger partial charge in [0, 0.05) is 6.54 Å². The average Bonchev–Trinajstić information content (AvgIpc) is 2.61. The Morgan fingerprint density at radius 3 is 2.54 bits per heavy atom. The number of aryl methyl sites for hydroxylation is 1. The van der Waals surface area contributed by atoms with E-state index in [9.17, 15) is 4.79 Å². The zero-order valence-corrected chi connectivity index (χ0v) is 14.2. The Labute approximate surface area is 143 Å². The highest BCUT2D eigenvalue weighted by Crippen LogP contribution is 2.22. The predicted molar refractivity (Wildman–Crippen MR) is 95.9 cm³/mol. The van der Waals surface area contributed by atoms with Gasteiger partial charge < -0.3 is 20.1 Å². The number of benzene rings is 2. The lowest BCUT2D eigenvalue weighted by atomic mass is 10.1. The minimum absolute atomic E-state index is 0.230. The lowest BCUT2D eigenvalue weighted by molar-refractivity contribution is 0.252. The number of carbonyl (C=O) groups excluding carboxylic acids is 1. The quantitative estimate of drug-likeness (QED) is 0.724. The van der Waals surface area contributed by atoms with Gasteiger partial charge in [-0.05, 0) is 49.6 Å². The number of anilines is 1. The van der Waals surface area contributed by atoms with Crippen LogP contribution in [0.25, 0.3) is 0 Å². The second-order valence-electron chi connectivity index (χ2n) is 5.26. The molecule has 2 rings (SSSR count). The summed E-state index contributed by atoms with van der Waals surface area (Å²) in [4.78, 5) is 11.9. The van der Waals surface area contributed by atoms with E-state index in [0.29, 0.717) is 24.6 Å². The van der Waals surface area contributed by atoms with Crippen LogP contribution in [0.2, 0.25) is 0 Å². The Morgan fingerprint density at radius 2 is 1.83 bits per heavy atom. The van der Waals surface area contributed by atoms with Crippen molar-refractivity contribution in [2.75, 3.05) is 25.6 Å². The summed E-state index contributed by atoms with van der Waals surface area (Å²) in [5.41, 5.74) is 1.88. The Morgan fingerprint density at radius 1 is 1.08 bits per heavy atom. The van der Waals surface area contributed by atoms with E-state index in [0.717, 1.165) is 18.6 Å². The van der Waals surface area contributed by atoms with Crippen LogP contribution in [0.4, 0.5) is 10.5 Å². The van der Waals surface area contributed by atoms with E-state index in [1.165, 1.54) is 5.56 Å². The zero-order valence-electron chi connectivity index (χ0n) is 14.2. The van der Waals surface area contributed by atoms with Crippen molar-refractivity contribution in [3.63, 3.8) is 0 Å². The van der Waals surface area contributed by atoms with Crippen LogP contribution < -0.4 is 20.1 Å². The van der Waals surface area contributed by atoms with Gasteiger partial charge >= 0.3 is 6.03 Å². The van der Waals surface area contributed by atoms with Crippen LogP contribution in [0.1, 0.15) is 18.9 Å². The third-order valence-electron chi connectivity index (χ3n) is 3.52. The maximum atomic E-state index is 11.9. The van der Waals surface area contributed by atoms with Gasteiger partial charge in [0.25, 0.3) is 0 Å². The third kappa shape index (κ3) is 5.50. The summed E-state index contributed by atoms with van der Waals surface area (Å²) in [7, 11) is 1.58. The second kappa shape index (κ2) is 9.45. The number of carbonyl (C=O) groups is 1. The number of methoxy groups -OCH3 is 1. The van der Waals surface area contributed by atoms with Crippen LogP contribution >= 0.6 is 0 Å². The number of rotatable bonds is 8. The maximum Gasteiger partial charge on any atom is 0.319 e. The van der Waals surface area contributed by atoms with E-state index in [4.69, 9.17) is 9.47 Å². The Balaban J connectivity index is 1.71. The smallest absolute Gasteiger partial charge is 0.319 e. The van der Waals surface area contributed by atoms with Gasteiger partial charge in [0.2, 0.25) is 0 Å². The zero-order chi connectivity index (χ0) is 17.2. The van der Waals surface area contributed by atoms with E-state index in [1.54, 1.807) is 13.2 Å². The molecule has 0 spiro atoms. The van der Waals surface area contributed by atoms with Crippen molar-refractivity contribution in [2.24, 2.45) is 0 Å². The first-order valence-corrected chi connectivity index (χ1v) is 8.12. The van der Waals surface area contributed by atoms with E-state index in [-0.39, 0.29) is 6.03 Å². The molecule has 0 radical (unpaired) electrons. The van der Waals surface area contributed by atoms with Crippen LogP contribution in [-0.4, -0.2) is 26.3 Å². The van der Waals surface area contributed by atoms with E-state index >= 15 is 0 Å². The molecular formula is C19H24N2O3. The SMILES string of the molecule is CCOc1ccc(CCCNC(=O)Nc2ccccc2OC)cc1. The number of para-hydroxylation sites is 2. The molecule has 0 saturated heterocycles. The van der Waals surface area contributed by atoms with E-state index < -0.39 is 0 Å². The second-order valence-corrected chi connectivity index (χ2v) is 5.26. The van der Waals surface area contributed by atoms with Gasteiger partial charge in [-0.25, -0.2) is 4.79 Å². The molecule has 2 amide bonds. The molecule has 0 saturated carbocycles. The van der Waals surface area contributed by atoms with Crippen molar-refractivity contribution in [2.45, 2.75) is 19.8 Å². The predicted octanol–water partition coefficient (Wildman–Crippen LogP) is 3.85. The highest BCUT2D eigenvalue weighted by atomic mass is 16.5. The summed E-state index contributed by atoms with van der Waals surface area (Å²) in [5, 5.41) is 5.64. The van der Waals surface area contributed by atoms with Crippen LogP contribution in [0.3, 0.4) is 0 Å². The number of hydrogen-bond acceptors (Lipinski definition) is 3. The molecule has 24 heavy (non-hydrogen) atoms. The van der Waals surface area contributed by atoms with Gasteiger partial charge in [-0.3, -0.25) is 0 Å². The monoisotopic (exact) mass is 328 g/mol. The molecule has 0 atom stereocenters. The molecule has 0 fully saturated rings. The van der Waals surface area contributed by atoms with Crippen LogP contribution in [0.15, 0.2) is 48.5 Å². The highest BCUT2D eigenvalue weighted by Gasteiger charge is 2.05. The molecule has 0 aliphatic rings. The van der Waals surface area contributed by atoms with Gasteiger partial charge in [-0.1, -0.05) is 24.3 Å². The summed E-state index contributed by atoms with van der Waals surface area (Å²) in [6.45, 7) is 3.24. The largest absolute Gasteiger partial charge is 0.495 e. The van der Waals surface area contributed by atoms with Gasteiger partial charge in [0.1, 0.15) is 11.5 Å². The molecule has 2 N–H and O–H groups in total. The first-order chi connectivity index (χ1) is 11.7.